The zero-order valence-electron chi connectivity index (χ0n) is 12.6. The molecular weight excluding hydrogens is 288 g/mol. The van der Waals surface area contributed by atoms with Gasteiger partial charge in [0.1, 0.15) is 6.04 Å². The highest BCUT2D eigenvalue weighted by atomic mass is 32.1. The minimum atomic E-state index is -0.974. The molecule has 0 bridgehead atoms. The Hall–Kier alpha value is -1.56. The normalized spacial score (nSPS) is 19.2. The number of urea groups is 1. The summed E-state index contributed by atoms with van der Waals surface area (Å²) in [5, 5.41) is 13.9. The first kappa shape index (κ1) is 15.8. The SMILES string of the molecule is CC(C)C[C@@H](NC(=O)N1CCc2sccc2C1C)C(=O)O. The molecule has 1 unspecified atom stereocenters. The van der Waals surface area contributed by atoms with Crippen molar-refractivity contribution < 1.29 is 14.7 Å². The number of carboxylic acid groups (broad SMARTS) is 1. The molecule has 0 aromatic carbocycles. The maximum absolute atomic E-state index is 12.4. The molecule has 0 radical (unpaired) electrons. The quantitative estimate of drug-likeness (QED) is 0.898. The van der Waals surface area contributed by atoms with Gasteiger partial charge in [0.2, 0.25) is 0 Å². The van der Waals surface area contributed by atoms with Gasteiger partial charge in [0.05, 0.1) is 6.04 Å². The summed E-state index contributed by atoms with van der Waals surface area (Å²) in [6, 6.07) is 0.932. The fourth-order valence-corrected chi connectivity index (χ4v) is 3.67. The molecule has 2 N–H and O–H groups in total. The van der Waals surface area contributed by atoms with Crippen molar-refractivity contribution in [2.75, 3.05) is 6.54 Å². The maximum Gasteiger partial charge on any atom is 0.326 e. The highest BCUT2D eigenvalue weighted by Crippen LogP contribution is 2.32. The number of hydrogen-bond acceptors (Lipinski definition) is 3. The molecule has 0 saturated heterocycles. The molecule has 1 aromatic heterocycles. The number of nitrogens with zero attached hydrogens (tertiary/aromatic N) is 1. The van der Waals surface area contributed by atoms with E-state index in [9.17, 15) is 14.7 Å². The maximum atomic E-state index is 12.4. The van der Waals surface area contributed by atoms with E-state index in [0.717, 1.165) is 6.42 Å². The van der Waals surface area contributed by atoms with Crippen LogP contribution in [-0.4, -0.2) is 34.6 Å². The second kappa shape index (κ2) is 6.47. The minimum Gasteiger partial charge on any atom is -0.480 e. The standard InChI is InChI=1S/C15H22N2O3S/c1-9(2)8-12(14(18)19)16-15(20)17-6-4-13-11(10(17)3)5-7-21-13/h5,7,9-10,12H,4,6,8H2,1-3H3,(H,16,20)(H,18,19)/t10?,12-/m1/s1. The minimum absolute atomic E-state index is 0.00602. The molecule has 6 heteroatoms. The Labute approximate surface area is 129 Å². The van der Waals surface area contributed by atoms with Crippen LogP contribution in [0, 0.1) is 5.92 Å². The van der Waals surface area contributed by atoms with Crippen LogP contribution in [0.2, 0.25) is 0 Å². The topological polar surface area (TPSA) is 69.6 Å². The second-order valence-corrected chi connectivity index (χ2v) is 6.89. The summed E-state index contributed by atoms with van der Waals surface area (Å²) in [6.45, 7) is 6.52. The van der Waals surface area contributed by atoms with Crippen molar-refractivity contribution in [3.63, 3.8) is 0 Å². The van der Waals surface area contributed by atoms with Crippen molar-refractivity contribution in [1.82, 2.24) is 10.2 Å². The zero-order chi connectivity index (χ0) is 15.6. The monoisotopic (exact) mass is 310 g/mol. The summed E-state index contributed by atoms with van der Waals surface area (Å²) in [7, 11) is 0. The number of aliphatic carboxylic acids is 1. The van der Waals surface area contributed by atoms with E-state index in [1.165, 1.54) is 10.4 Å². The number of carbonyl (C=O) groups excluding carboxylic acids is 1. The first-order chi connectivity index (χ1) is 9.90. The van der Waals surface area contributed by atoms with Crippen LogP contribution < -0.4 is 5.32 Å². The van der Waals surface area contributed by atoms with Crippen molar-refractivity contribution in [3.8, 4) is 0 Å². The van der Waals surface area contributed by atoms with E-state index in [0.29, 0.717) is 13.0 Å². The summed E-state index contributed by atoms with van der Waals surface area (Å²) in [5.74, 6) is -0.758. The largest absolute Gasteiger partial charge is 0.480 e. The van der Waals surface area contributed by atoms with Gasteiger partial charge in [0.25, 0.3) is 0 Å². The lowest BCUT2D eigenvalue weighted by Gasteiger charge is -2.34. The molecule has 2 atom stereocenters. The van der Waals surface area contributed by atoms with Crippen molar-refractivity contribution in [2.45, 2.75) is 45.7 Å². The van der Waals surface area contributed by atoms with Gasteiger partial charge < -0.3 is 15.3 Å². The van der Waals surface area contributed by atoms with Crippen molar-refractivity contribution in [2.24, 2.45) is 5.92 Å². The molecule has 2 amide bonds. The number of hydrogen-bond donors (Lipinski definition) is 2. The molecule has 2 heterocycles. The van der Waals surface area contributed by atoms with E-state index in [1.807, 2.05) is 32.2 Å². The van der Waals surface area contributed by atoms with E-state index < -0.39 is 12.0 Å². The molecule has 1 aliphatic rings. The summed E-state index contributed by atoms with van der Waals surface area (Å²) < 4.78 is 0. The zero-order valence-corrected chi connectivity index (χ0v) is 13.4. The number of rotatable bonds is 4. The average Bonchev–Trinajstić information content (AvgIpc) is 2.86. The molecule has 0 fully saturated rings. The first-order valence-corrected chi connectivity index (χ1v) is 8.14. The van der Waals surface area contributed by atoms with E-state index in [-0.39, 0.29) is 18.0 Å². The number of fused-ring (bicyclic) bond motifs is 1. The third-order valence-electron chi connectivity index (χ3n) is 3.84. The molecule has 1 aromatic rings. The molecule has 0 saturated carbocycles. The predicted molar refractivity (Wildman–Crippen MR) is 82.6 cm³/mol. The highest BCUT2D eigenvalue weighted by Gasteiger charge is 2.30. The lowest BCUT2D eigenvalue weighted by atomic mass is 10.0. The van der Waals surface area contributed by atoms with Crippen LogP contribution in [0.4, 0.5) is 4.79 Å². The van der Waals surface area contributed by atoms with Gasteiger partial charge in [-0.25, -0.2) is 9.59 Å². The van der Waals surface area contributed by atoms with Crippen LogP contribution in [0.1, 0.15) is 43.7 Å². The van der Waals surface area contributed by atoms with Gasteiger partial charge >= 0.3 is 12.0 Å². The van der Waals surface area contributed by atoms with Crippen molar-refractivity contribution >= 4 is 23.3 Å². The van der Waals surface area contributed by atoms with Crippen molar-refractivity contribution in [1.29, 1.82) is 0 Å². The van der Waals surface area contributed by atoms with Crippen LogP contribution in [0.25, 0.3) is 0 Å². The Morgan fingerprint density at radius 1 is 1.52 bits per heavy atom. The number of nitrogens with one attached hydrogen (secondary N) is 1. The molecule has 5 nitrogen and oxygen atoms in total. The third kappa shape index (κ3) is 3.56. The van der Waals surface area contributed by atoms with Crippen LogP contribution in [0.15, 0.2) is 11.4 Å². The van der Waals surface area contributed by atoms with Crippen LogP contribution in [0.5, 0.6) is 0 Å². The number of carbonyl (C=O) groups is 2. The number of thiophene rings is 1. The van der Waals surface area contributed by atoms with E-state index in [1.54, 1.807) is 16.2 Å². The van der Waals surface area contributed by atoms with Crippen molar-refractivity contribution in [3.05, 3.63) is 21.9 Å². The van der Waals surface area contributed by atoms with Gasteiger partial charge in [-0.3, -0.25) is 0 Å². The molecule has 0 aliphatic carbocycles. The fourth-order valence-electron chi connectivity index (χ4n) is 2.71. The van der Waals surface area contributed by atoms with Gasteiger partial charge in [-0.1, -0.05) is 13.8 Å². The smallest absolute Gasteiger partial charge is 0.326 e. The fraction of sp³-hybridized carbons (Fsp3) is 0.600. The van der Waals surface area contributed by atoms with Gasteiger partial charge in [0, 0.05) is 11.4 Å². The van der Waals surface area contributed by atoms with Gasteiger partial charge in [-0.15, -0.1) is 11.3 Å². The van der Waals surface area contributed by atoms with Crippen LogP contribution >= 0.6 is 11.3 Å². The summed E-state index contributed by atoms with van der Waals surface area (Å²) >= 11 is 1.72. The van der Waals surface area contributed by atoms with Gasteiger partial charge in [-0.05, 0) is 42.7 Å². The van der Waals surface area contributed by atoms with Crippen LogP contribution in [-0.2, 0) is 11.2 Å². The van der Waals surface area contributed by atoms with Gasteiger partial charge in [-0.2, -0.15) is 0 Å². The van der Waals surface area contributed by atoms with E-state index in [2.05, 4.69) is 5.32 Å². The molecular formula is C15H22N2O3S. The Kier molecular flexibility index (Phi) is 4.88. The molecule has 116 valence electrons. The Balaban J connectivity index is 2.05. The highest BCUT2D eigenvalue weighted by molar-refractivity contribution is 7.10. The molecule has 2 rings (SSSR count). The lowest BCUT2D eigenvalue weighted by molar-refractivity contribution is -0.139. The number of carboxylic acids is 1. The summed E-state index contributed by atoms with van der Waals surface area (Å²) in [5.41, 5.74) is 1.18. The second-order valence-electron chi connectivity index (χ2n) is 5.89. The summed E-state index contributed by atoms with van der Waals surface area (Å²) in [6.07, 6.45) is 1.28. The molecule has 1 aliphatic heterocycles. The van der Waals surface area contributed by atoms with E-state index in [4.69, 9.17) is 0 Å². The Morgan fingerprint density at radius 2 is 2.24 bits per heavy atom. The van der Waals surface area contributed by atoms with Crippen LogP contribution in [0.3, 0.4) is 0 Å². The molecule has 0 spiro atoms. The van der Waals surface area contributed by atoms with Gasteiger partial charge in [0.15, 0.2) is 0 Å². The average molecular weight is 310 g/mol. The Bertz CT molecular complexity index is 527. The van der Waals surface area contributed by atoms with E-state index >= 15 is 0 Å². The summed E-state index contributed by atoms with van der Waals surface area (Å²) in [4.78, 5) is 26.7. The Morgan fingerprint density at radius 3 is 2.86 bits per heavy atom. The molecule has 21 heavy (non-hydrogen) atoms. The number of amides is 2. The predicted octanol–water partition coefficient (Wildman–Crippen LogP) is 2.88. The lowest BCUT2D eigenvalue weighted by Crippen LogP contribution is -2.50. The third-order valence-corrected chi connectivity index (χ3v) is 4.84. The first-order valence-electron chi connectivity index (χ1n) is 7.26.